The van der Waals surface area contributed by atoms with Crippen molar-refractivity contribution in [1.29, 1.82) is 0 Å². The molecule has 0 unspecified atom stereocenters. The lowest BCUT2D eigenvalue weighted by Gasteiger charge is -2.00. The number of hydrogen-bond donors (Lipinski definition) is 1. The molecule has 1 aromatic heterocycles. The molecule has 58 valence electrons. The molecule has 2 heteroatoms. The molecule has 0 fully saturated rings. The van der Waals surface area contributed by atoms with Gasteiger partial charge in [0, 0.05) is 11.8 Å². The Bertz CT molecular complexity index is 338. The van der Waals surface area contributed by atoms with E-state index in [2.05, 4.69) is 11.9 Å². The molecule has 0 amide bonds. The highest BCUT2D eigenvalue weighted by atomic mass is 16.1. The second kappa shape index (κ2) is 2.22. The van der Waals surface area contributed by atoms with E-state index in [1.165, 1.54) is 11.1 Å². The third kappa shape index (κ3) is 0.897. The fraction of sp³-hybridized carbons (Fsp3) is 0.444. The molecule has 0 aromatic carbocycles. The molecule has 1 heterocycles. The summed E-state index contributed by atoms with van der Waals surface area (Å²) in [5.41, 5.74) is 3.65. The predicted octanol–water partition coefficient (Wildman–Crippen LogP) is 1.17. The summed E-state index contributed by atoms with van der Waals surface area (Å²) in [4.78, 5) is 14.0. The number of nitrogens with one attached hydrogen (secondary N) is 1. The predicted molar refractivity (Wildman–Crippen MR) is 43.8 cm³/mol. The zero-order valence-electron chi connectivity index (χ0n) is 6.61. The molecule has 1 aliphatic rings. The van der Waals surface area contributed by atoms with Gasteiger partial charge in [-0.3, -0.25) is 4.79 Å². The van der Waals surface area contributed by atoms with Gasteiger partial charge in [0.25, 0.3) is 5.56 Å². The van der Waals surface area contributed by atoms with Crippen LogP contribution >= 0.6 is 0 Å². The van der Waals surface area contributed by atoms with Gasteiger partial charge in [-0.15, -0.1) is 0 Å². The first-order valence-electron chi connectivity index (χ1n) is 3.99. The minimum atomic E-state index is 0.114. The summed E-state index contributed by atoms with van der Waals surface area (Å²) in [6.45, 7) is 2.06. The van der Waals surface area contributed by atoms with Crippen molar-refractivity contribution in [2.24, 2.45) is 0 Å². The molecule has 2 rings (SSSR count). The van der Waals surface area contributed by atoms with Crippen LogP contribution < -0.4 is 5.56 Å². The lowest BCUT2D eigenvalue weighted by Crippen LogP contribution is -2.12. The number of aryl methyl sites for hydroxylation is 1. The van der Waals surface area contributed by atoms with Gasteiger partial charge in [0.1, 0.15) is 0 Å². The van der Waals surface area contributed by atoms with Crippen molar-refractivity contribution in [2.45, 2.75) is 26.2 Å². The van der Waals surface area contributed by atoms with E-state index < -0.39 is 0 Å². The molecular weight excluding hydrogens is 138 g/mol. The summed E-state index contributed by atoms with van der Waals surface area (Å²) in [7, 11) is 0. The quantitative estimate of drug-likeness (QED) is 0.590. The van der Waals surface area contributed by atoms with Gasteiger partial charge in [-0.25, -0.2) is 0 Å². The van der Waals surface area contributed by atoms with Gasteiger partial charge < -0.3 is 4.98 Å². The van der Waals surface area contributed by atoms with Crippen molar-refractivity contribution >= 4 is 0 Å². The molecule has 1 aromatic rings. The molecule has 0 saturated heterocycles. The Morgan fingerprint density at radius 3 is 2.82 bits per heavy atom. The number of pyridine rings is 1. The largest absolute Gasteiger partial charge is 0.329 e. The average Bonchev–Trinajstić information content (AvgIpc) is 2.45. The maximum absolute atomic E-state index is 11.2. The first-order chi connectivity index (χ1) is 5.29. The van der Waals surface area contributed by atoms with Crippen LogP contribution in [0.2, 0.25) is 0 Å². The number of hydrogen-bond acceptors (Lipinski definition) is 1. The van der Waals surface area contributed by atoms with Crippen molar-refractivity contribution in [1.82, 2.24) is 4.98 Å². The summed E-state index contributed by atoms with van der Waals surface area (Å²) in [6, 6.07) is 0. The summed E-state index contributed by atoms with van der Waals surface area (Å²) < 4.78 is 0. The van der Waals surface area contributed by atoms with Gasteiger partial charge in [0.2, 0.25) is 0 Å². The van der Waals surface area contributed by atoms with Crippen LogP contribution in [0, 0.1) is 6.92 Å². The molecule has 0 aliphatic heterocycles. The standard InChI is InChI=1S/C9H11NO/c1-6-5-10-9(11)8-4-2-3-7(6)8/h5H,2-4H2,1H3,(H,10,11). The fourth-order valence-corrected chi connectivity index (χ4v) is 1.78. The van der Waals surface area contributed by atoms with Crippen LogP contribution in [0.15, 0.2) is 11.0 Å². The number of rotatable bonds is 0. The normalized spacial score (nSPS) is 15.0. The van der Waals surface area contributed by atoms with E-state index >= 15 is 0 Å². The SMILES string of the molecule is Cc1c[nH]c(=O)c2c1CCC2. The smallest absolute Gasteiger partial charge is 0.251 e. The summed E-state index contributed by atoms with van der Waals surface area (Å²) in [6.07, 6.45) is 5.01. The highest BCUT2D eigenvalue weighted by molar-refractivity contribution is 5.34. The Balaban J connectivity index is 2.74. The molecule has 1 N–H and O–H groups in total. The van der Waals surface area contributed by atoms with Crippen molar-refractivity contribution in [2.75, 3.05) is 0 Å². The second-order valence-electron chi connectivity index (χ2n) is 3.11. The van der Waals surface area contributed by atoms with Crippen LogP contribution in [0.25, 0.3) is 0 Å². The lowest BCUT2D eigenvalue weighted by molar-refractivity contribution is 0.906. The van der Waals surface area contributed by atoms with Gasteiger partial charge in [0.15, 0.2) is 0 Å². The molecule has 0 saturated carbocycles. The Morgan fingerprint density at radius 2 is 2.09 bits per heavy atom. The van der Waals surface area contributed by atoms with Gasteiger partial charge in [-0.2, -0.15) is 0 Å². The van der Waals surface area contributed by atoms with Crippen molar-refractivity contribution in [3.63, 3.8) is 0 Å². The van der Waals surface area contributed by atoms with Crippen molar-refractivity contribution < 1.29 is 0 Å². The minimum absolute atomic E-state index is 0.114. The lowest BCUT2D eigenvalue weighted by atomic mass is 10.1. The third-order valence-corrected chi connectivity index (χ3v) is 2.39. The van der Waals surface area contributed by atoms with E-state index in [1.54, 1.807) is 0 Å². The van der Waals surface area contributed by atoms with E-state index in [4.69, 9.17) is 0 Å². The Labute approximate surface area is 65.3 Å². The Hall–Kier alpha value is -1.05. The maximum Gasteiger partial charge on any atom is 0.251 e. The first kappa shape index (κ1) is 6.65. The van der Waals surface area contributed by atoms with E-state index in [1.807, 2.05) is 6.20 Å². The summed E-state index contributed by atoms with van der Waals surface area (Å²) in [5.74, 6) is 0. The second-order valence-corrected chi connectivity index (χ2v) is 3.11. The van der Waals surface area contributed by atoms with Crippen LogP contribution in [-0.4, -0.2) is 4.98 Å². The van der Waals surface area contributed by atoms with Gasteiger partial charge >= 0.3 is 0 Å². The zero-order valence-corrected chi connectivity index (χ0v) is 6.61. The first-order valence-corrected chi connectivity index (χ1v) is 3.99. The monoisotopic (exact) mass is 149 g/mol. The number of fused-ring (bicyclic) bond motifs is 1. The van der Waals surface area contributed by atoms with E-state index in [0.717, 1.165) is 24.8 Å². The van der Waals surface area contributed by atoms with Gasteiger partial charge in [-0.05, 0) is 37.3 Å². The number of aromatic amines is 1. The fourth-order valence-electron chi connectivity index (χ4n) is 1.78. The Morgan fingerprint density at radius 1 is 1.36 bits per heavy atom. The van der Waals surface area contributed by atoms with Crippen LogP contribution in [0.1, 0.15) is 23.1 Å². The number of aromatic nitrogens is 1. The summed E-state index contributed by atoms with van der Waals surface area (Å²) >= 11 is 0. The summed E-state index contributed by atoms with van der Waals surface area (Å²) in [5, 5.41) is 0. The van der Waals surface area contributed by atoms with E-state index in [0.29, 0.717) is 0 Å². The molecule has 0 spiro atoms. The van der Waals surface area contributed by atoms with Crippen molar-refractivity contribution in [3.8, 4) is 0 Å². The molecule has 2 nitrogen and oxygen atoms in total. The highest BCUT2D eigenvalue weighted by Crippen LogP contribution is 2.20. The number of H-pyrrole nitrogens is 1. The molecule has 0 radical (unpaired) electrons. The van der Waals surface area contributed by atoms with E-state index in [-0.39, 0.29) is 5.56 Å². The van der Waals surface area contributed by atoms with Crippen molar-refractivity contribution in [3.05, 3.63) is 33.2 Å². The van der Waals surface area contributed by atoms with Crippen LogP contribution in [0.3, 0.4) is 0 Å². The van der Waals surface area contributed by atoms with E-state index in [9.17, 15) is 4.79 Å². The molecule has 0 atom stereocenters. The third-order valence-electron chi connectivity index (χ3n) is 2.39. The molecule has 11 heavy (non-hydrogen) atoms. The topological polar surface area (TPSA) is 32.9 Å². The van der Waals surface area contributed by atoms with Gasteiger partial charge in [0.05, 0.1) is 0 Å². The van der Waals surface area contributed by atoms with Crippen LogP contribution in [0.5, 0.6) is 0 Å². The zero-order chi connectivity index (χ0) is 7.84. The van der Waals surface area contributed by atoms with Gasteiger partial charge in [-0.1, -0.05) is 0 Å². The van der Waals surface area contributed by atoms with Crippen LogP contribution in [-0.2, 0) is 12.8 Å². The maximum atomic E-state index is 11.2. The highest BCUT2D eigenvalue weighted by Gasteiger charge is 2.15. The van der Waals surface area contributed by atoms with Crippen LogP contribution in [0.4, 0.5) is 0 Å². The molecule has 1 aliphatic carbocycles. The molecule has 0 bridgehead atoms. The molecular formula is C9H11NO. The average molecular weight is 149 g/mol. The minimum Gasteiger partial charge on any atom is -0.329 e. The Kier molecular flexibility index (Phi) is 1.34.